The molecule has 15 heavy (non-hydrogen) atoms. The number of nitrogens with one attached hydrogen (secondary N) is 1. The van der Waals surface area contributed by atoms with Crippen molar-refractivity contribution in [2.24, 2.45) is 11.3 Å². The van der Waals surface area contributed by atoms with Gasteiger partial charge in [0.1, 0.15) is 0 Å². The Morgan fingerprint density at radius 1 is 1.47 bits per heavy atom. The first kappa shape index (κ1) is 12.5. The minimum atomic E-state index is -0.698. The summed E-state index contributed by atoms with van der Waals surface area (Å²) in [6.45, 7) is 7.73. The molecule has 0 amide bonds. The molecule has 3 heteroatoms. The van der Waals surface area contributed by atoms with Crippen LogP contribution in [-0.4, -0.2) is 23.7 Å². The summed E-state index contributed by atoms with van der Waals surface area (Å²) in [5, 5.41) is 12.0. The van der Waals surface area contributed by atoms with Gasteiger partial charge in [0.15, 0.2) is 0 Å². The molecule has 88 valence electrons. The van der Waals surface area contributed by atoms with Crippen LogP contribution in [0.5, 0.6) is 0 Å². The molecule has 1 aliphatic carbocycles. The van der Waals surface area contributed by atoms with E-state index in [0.717, 1.165) is 13.0 Å². The number of carboxylic acids is 1. The van der Waals surface area contributed by atoms with Gasteiger partial charge in [-0.25, -0.2) is 0 Å². The number of hydrogen-bond acceptors (Lipinski definition) is 2. The van der Waals surface area contributed by atoms with Crippen molar-refractivity contribution in [3.63, 3.8) is 0 Å². The quantitative estimate of drug-likeness (QED) is 0.689. The standard InChI is InChI=1S/C12H23NO2/c1-9-7-12(2,3)8-10(9)13-6-4-5-11(14)15/h9-10,13H,4-8H2,1-3H3,(H,14,15). The topological polar surface area (TPSA) is 49.3 Å². The number of hydrogen-bond donors (Lipinski definition) is 2. The summed E-state index contributed by atoms with van der Waals surface area (Å²) in [5.74, 6) is 0.0152. The van der Waals surface area contributed by atoms with Crippen LogP contribution < -0.4 is 5.32 Å². The Balaban J connectivity index is 2.19. The van der Waals surface area contributed by atoms with Crippen LogP contribution in [-0.2, 0) is 4.79 Å². The van der Waals surface area contributed by atoms with Gasteiger partial charge in [0.25, 0.3) is 0 Å². The highest BCUT2D eigenvalue weighted by molar-refractivity contribution is 5.66. The summed E-state index contributed by atoms with van der Waals surface area (Å²) in [4.78, 5) is 10.3. The number of rotatable bonds is 5. The molecule has 1 rings (SSSR count). The van der Waals surface area contributed by atoms with E-state index in [1.165, 1.54) is 12.8 Å². The van der Waals surface area contributed by atoms with E-state index in [1.54, 1.807) is 0 Å². The van der Waals surface area contributed by atoms with Crippen molar-refractivity contribution >= 4 is 5.97 Å². The van der Waals surface area contributed by atoms with Crippen molar-refractivity contribution in [2.75, 3.05) is 6.54 Å². The first-order chi connectivity index (χ1) is 6.91. The van der Waals surface area contributed by atoms with Gasteiger partial charge in [0.2, 0.25) is 0 Å². The average molecular weight is 213 g/mol. The van der Waals surface area contributed by atoms with Gasteiger partial charge in [-0.1, -0.05) is 20.8 Å². The Morgan fingerprint density at radius 2 is 2.13 bits per heavy atom. The number of carbonyl (C=O) groups is 1. The normalized spacial score (nSPS) is 29.3. The van der Waals surface area contributed by atoms with Crippen molar-refractivity contribution in [1.29, 1.82) is 0 Å². The molecule has 0 bridgehead atoms. The summed E-state index contributed by atoms with van der Waals surface area (Å²) in [5.41, 5.74) is 0.448. The summed E-state index contributed by atoms with van der Waals surface area (Å²) in [7, 11) is 0. The van der Waals surface area contributed by atoms with E-state index in [4.69, 9.17) is 5.11 Å². The molecule has 0 saturated heterocycles. The number of aliphatic carboxylic acids is 1. The first-order valence-corrected chi connectivity index (χ1v) is 5.86. The Hall–Kier alpha value is -0.570. The summed E-state index contributed by atoms with van der Waals surface area (Å²) in [6, 6.07) is 0.578. The third-order valence-electron chi connectivity index (χ3n) is 3.31. The highest BCUT2D eigenvalue weighted by Crippen LogP contribution is 2.40. The second-order valence-electron chi connectivity index (χ2n) is 5.61. The Morgan fingerprint density at radius 3 is 2.60 bits per heavy atom. The summed E-state index contributed by atoms with van der Waals surface area (Å²) >= 11 is 0. The van der Waals surface area contributed by atoms with Gasteiger partial charge < -0.3 is 10.4 Å². The lowest BCUT2D eigenvalue weighted by Gasteiger charge is -2.18. The van der Waals surface area contributed by atoms with E-state index < -0.39 is 5.97 Å². The van der Waals surface area contributed by atoms with Crippen LogP contribution in [0.3, 0.4) is 0 Å². The summed E-state index contributed by atoms with van der Waals surface area (Å²) in [6.07, 6.45) is 3.49. The smallest absolute Gasteiger partial charge is 0.303 e. The second-order valence-corrected chi connectivity index (χ2v) is 5.61. The molecule has 0 heterocycles. The van der Waals surface area contributed by atoms with E-state index in [0.29, 0.717) is 17.4 Å². The van der Waals surface area contributed by atoms with Crippen LogP contribution in [0.2, 0.25) is 0 Å². The van der Waals surface area contributed by atoms with Gasteiger partial charge in [-0.15, -0.1) is 0 Å². The van der Waals surface area contributed by atoms with Gasteiger partial charge >= 0.3 is 5.97 Å². The largest absolute Gasteiger partial charge is 0.481 e. The van der Waals surface area contributed by atoms with E-state index >= 15 is 0 Å². The fraction of sp³-hybridized carbons (Fsp3) is 0.917. The predicted octanol–water partition coefficient (Wildman–Crippen LogP) is 2.27. The van der Waals surface area contributed by atoms with Crippen LogP contribution in [0.4, 0.5) is 0 Å². The van der Waals surface area contributed by atoms with Gasteiger partial charge in [-0.2, -0.15) is 0 Å². The minimum Gasteiger partial charge on any atom is -0.481 e. The molecule has 2 atom stereocenters. The lowest BCUT2D eigenvalue weighted by atomic mass is 9.91. The molecule has 0 radical (unpaired) electrons. The molecule has 0 aromatic heterocycles. The van der Waals surface area contributed by atoms with Crippen molar-refractivity contribution in [3.8, 4) is 0 Å². The van der Waals surface area contributed by atoms with Crippen LogP contribution in [0, 0.1) is 11.3 Å². The Bertz CT molecular complexity index is 226. The van der Waals surface area contributed by atoms with Crippen LogP contribution >= 0.6 is 0 Å². The minimum absolute atomic E-state index is 0.275. The Labute approximate surface area is 92.3 Å². The zero-order chi connectivity index (χ0) is 11.5. The molecule has 2 N–H and O–H groups in total. The van der Waals surface area contributed by atoms with E-state index in [2.05, 4.69) is 26.1 Å². The van der Waals surface area contributed by atoms with Gasteiger partial charge in [-0.3, -0.25) is 4.79 Å². The second kappa shape index (κ2) is 4.97. The highest BCUT2D eigenvalue weighted by atomic mass is 16.4. The van der Waals surface area contributed by atoms with Crippen LogP contribution in [0.25, 0.3) is 0 Å². The molecule has 0 spiro atoms. The zero-order valence-corrected chi connectivity index (χ0v) is 10.0. The van der Waals surface area contributed by atoms with E-state index in [1.807, 2.05) is 0 Å². The summed E-state index contributed by atoms with van der Waals surface area (Å²) < 4.78 is 0. The molecule has 0 aliphatic heterocycles. The van der Waals surface area contributed by atoms with Crippen LogP contribution in [0.15, 0.2) is 0 Å². The third kappa shape index (κ3) is 4.20. The molecule has 1 fully saturated rings. The monoisotopic (exact) mass is 213 g/mol. The fourth-order valence-corrected chi connectivity index (χ4v) is 2.69. The van der Waals surface area contributed by atoms with Crippen molar-refractivity contribution < 1.29 is 9.90 Å². The maximum absolute atomic E-state index is 10.3. The van der Waals surface area contributed by atoms with Crippen LogP contribution in [0.1, 0.15) is 46.5 Å². The predicted molar refractivity (Wildman–Crippen MR) is 60.8 cm³/mol. The lowest BCUT2D eigenvalue weighted by Crippen LogP contribution is -2.32. The van der Waals surface area contributed by atoms with Crippen molar-refractivity contribution in [2.45, 2.75) is 52.5 Å². The maximum Gasteiger partial charge on any atom is 0.303 e. The highest BCUT2D eigenvalue weighted by Gasteiger charge is 2.35. The first-order valence-electron chi connectivity index (χ1n) is 5.86. The van der Waals surface area contributed by atoms with Gasteiger partial charge in [0, 0.05) is 12.5 Å². The van der Waals surface area contributed by atoms with E-state index in [-0.39, 0.29) is 6.42 Å². The number of carboxylic acid groups (broad SMARTS) is 1. The molecule has 3 nitrogen and oxygen atoms in total. The molecule has 1 saturated carbocycles. The van der Waals surface area contributed by atoms with Crippen molar-refractivity contribution in [1.82, 2.24) is 5.32 Å². The molecule has 0 aromatic carbocycles. The average Bonchev–Trinajstić information content (AvgIpc) is 2.33. The zero-order valence-electron chi connectivity index (χ0n) is 10.0. The fourth-order valence-electron chi connectivity index (χ4n) is 2.69. The lowest BCUT2D eigenvalue weighted by molar-refractivity contribution is -0.137. The Kier molecular flexibility index (Phi) is 4.14. The molecular weight excluding hydrogens is 190 g/mol. The van der Waals surface area contributed by atoms with Gasteiger partial charge in [-0.05, 0) is 37.1 Å². The molecular formula is C12H23NO2. The maximum atomic E-state index is 10.3. The molecule has 0 aromatic rings. The van der Waals surface area contributed by atoms with Gasteiger partial charge in [0.05, 0.1) is 0 Å². The SMILES string of the molecule is CC1CC(C)(C)CC1NCCCC(=O)O. The molecule has 1 aliphatic rings. The molecule has 2 unspecified atom stereocenters. The van der Waals surface area contributed by atoms with Crippen molar-refractivity contribution in [3.05, 3.63) is 0 Å². The van der Waals surface area contributed by atoms with E-state index in [9.17, 15) is 4.79 Å². The third-order valence-corrected chi connectivity index (χ3v) is 3.31.